The Kier molecular flexibility index (Phi) is 1.53. The summed E-state index contributed by atoms with van der Waals surface area (Å²) in [6.07, 6.45) is 1.40. The lowest BCUT2D eigenvalue weighted by Crippen LogP contribution is -2.36. The molecule has 0 bridgehead atoms. The van der Waals surface area contributed by atoms with Crippen molar-refractivity contribution in [1.29, 1.82) is 0 Å². The largest absolute Gasteiger partial charge is 0.616 e. The van der Waals surface area contributed by atoms with Crippen LogP contribution in [0.15, 0.2) is 18.3 Å². The van der Waals surface area contributed by atoms with Crippen molar-refractivity contribution in [2.45, 2.75) is 13.0 Å². The second-order valence-electron chi connectivity index (χ2n) is 2.74. The number of ether oxygens (including phenoxy) is 2. The van der Waals surface area contributed by atoms with Crippen LogP contribution < -0.4 is 14.2 Å². The number of nitrogens with zero attached hydrogens (tertiary/aromatic N) is 1. The average Bonchev–Trinajstić information content (AvgIpc) is 2.04. The van der Waals surface area contributed by atoms with Crippen molar-refractivity contribution >= 4 is 0 Å². The van der Waals surface area contributed by atoms with Gasteiger partial charge >= 0.3 is 5.88 Å². The van der Waals surface area contributed by atoms with Gasteiger partial charge in [-0.3, -0.25) is 0 Å². The summed E-state index contributed by atoms with van der Waals surface area (Å²) in [6.45, 7) is 2.32. The lowest BCUT2D eigenvalue weighted by Gasteiger charge is -2.21. The summed E-state index contributed by atoms with van der Waals surface area (Å²) in [5.74, 6) is 0.779. The summed E-state index contributed by atoms with van der Waals surface area (Å²) in [7, 11) is 0. The summed E-state index contributed by atoms with van der Waals surface area (Å²) in [5, 5.41) is 11.1. The summed E-state index contributed by atoms with van der Waals surface area (Å²) in [5.41, 5.74) is 0. The molecule has 64 valence electrons. The standard InChI is InChI=1S/C8H9NO3/c1-6-5-11-8-7(12-6)3-2-4-9(8)10/h2-4,6H,5H2,1H3. The third-order valence-corrected chi connectivity index (χ3v) is 1.66. The van der Waals surface area contributed by atoms with Crippen LogP contribution >= 0.6 is 0 Å². The molecule has 0 N–H and O–H groups in total. The van der Waals surface area contributed by atoms with E-state index in [1.165, 1.54) is 6.20 Å². The molecule has 1 aromatic rings. The fourth-order valence-corrected chi connectivity index (χ4v) is 1.13. The molecule has 0 amide bonds. The van der Waals surface area contributed by atoms with Gasteiger partial charge in [0.1, 0.15) is 12.7 Å². The fourth-order valence-electron chi connectivity index (χ4n) is 1.13. The highest BCUT2D eigenvalue weighted by Gasteiger charge is 2.23. The molecule has 12 heavy (non-hydrogen) atoms. The predicted molar refractivity (Wildman–Crippen MR) is 41.0 cm³/mol. The maximum Gasteiger partial charge on any atom is 0.423 e. The summed E-state index contributed by atoms with van der Waals surface area (Å²) in [6, 6.07) is 3.35. The highest BCUT2D eigenvalue weighted by molar-refractivity contribution is 5.30. The highest BCUT2D eigenvalue weighted by Crippen LogP contribution is 2.26. The zero-order valence-corrected chi connectivity index (χ0v) is 6.69. The van der Waals surface area contributed by atoms with Crippen LogP contribution in [0, 0.1) is 5.21 Å². The first kappa shape index (κ1) is 7.21. The van der Waals surface area contributed by atoms with Crippen molar-refractivity contribution in [2.75, 3.05) is 6.61 Å². The number of pyridine rings is 1. The first-order valence-corrected chi connectivity index (χ1v) is 3.79. The van der Waals surface area contributed by atoms with E-state index < -0.39 is 0 Å². The Labute approximate surface area is 69.9 Å². The molecule has 0 radical (unpaired) electrons. The van der Waals surface area contributed by atoms with Gasteiger partial charge in [-0.25, -0.2) is 0 Å². The van der Waals surface area contributed by atoms with Crippen LogP contribution in [0.5, 0.6) is 11.6 Å². The molecule has 1 atom stereocenters. The molecule has 2 heterocycles. The number of fused-ring (bicyclic) bond motifs is 1. The average molecular weight is 167 g/mol. The highest BCUT2D eigenvalue weighted by atomic mass is 16.6. The topological polar surface area (TPSA) is 45.4 Å². The summed E-state index contributed by atoms with van der Waals surface area (Å²) >= 11 is 0. The van der Waals surface area contributed by atoms with E-state index in [4.69, 9.17) is 9.47 Å². The van der Waals surface area contributed by atoms with E-state index >= 15 is 0 Å². The van der Waals surface area contributed by atoms with E-state index in [0.717, 1.165) is 0 Å². The molecular weight excluding hydrogens is 158 g/mol. The molecule has 1 aromatic heterocycles. The van der Waals surface area contributed by atoms with Crippen LogP contribution in [0.2, 0.25) is 0 Å². The monoisotopic (exact) mass is 167 g/mol. The van der Waals surface area contributed by atoms with Gasteiger partial charge in [-0.15, -0.1) is 4.73 Å². The van der Waals surface area contributed by atoms with E-state index in [1.54, 1.807) is 12.1 Å². The van der Waals surface area contributed by atoms with Crippen molar-refractivity contribution in [1.82, 2.24) is 0 Å². The van der Waals surface area contributed by atoms with Crippen molar-refractivity contribution in [3.63, 3.8) is 0 Å². The van der Waals surface area contributed by atoms with Crippen LogP contribution in [0.4, 0.5) is 0 Å². The van der Waals surface area contributed by atoms with E-state index in [2.05, 4.69) is 0 Å². The number of hydrogen-bond donors (Lipinski definition) is 0. The van der Waals surface area contributed by atoms with Crippen LogP contribution in [-0.2, 0) is 0 Å². The minimum atomic E-state index is 0.0138. The molecule has 1 aliphatic rings. The first-order valence-electron chi connectivity index (χ1n) is 3.79. The van der Waals surface area contributed by atoms with Crippen LogP contribution in [0.1, 0.15) is 6.92 Å². The van der Waals surface area contributed by atoms with E-state index in [0.29, 0.717) is 17.1 Å². The van der Waals surface area contributed by atoms with E-state index in [9.17, 15) is 5.21 Å². The molecule has 0 fully saturated rings. The molecule has 0 saturated carbocycles. The maximum atomic E-state index is 11.1. The predicted octanol–water partition coefficient (Wildman–Crippen LogP) is 0.480. The molecule has 0 aromatic carbocycles. The van der Waals surface area contributed by atoms with Gasteiger partial charge in [-0.2, -0.15) is 0 Å². The Morgan fingerprint density at radius 2 is 2.50 bits per heavy atom. The van der Waals surface area contributed by atoms with Crippen molar-refractivity contribution < 1.29 is 14.2 Å². The van der Waals surface area contributed by atoms with E-state index in [-0.39, 0.29) is 12.0 Å². The molecule has 1 aliphatic heterocycles. The fraction of sp³-hybridized carbons (Fsp3) is 0.375. The number of aromatic nitrogens is 1. The van der Waals surface area contributed by atoms with E-state index in [1.807, 2.05) is 6.92 Å². The molecule has 2 rings (SSSR count). The second-order valence-corrected chi connectivity index (χ2v) is 2.74. The Balaban J connectivity index is 2.42. The third kappa shape index (κ3) is 1.05. The molecule has 0 saturated heterocycles. The first-order chi connectivity index (χ1) is 5.77. The third-order valence-electron chi connectivity index (χ3n) is 1.66. The number of rotatable bonds is 0. The Bertz CT molecular complexity index is 300. The Morgan fingerprint density at radius 3 is 3.33 bits per heavy atom. The smallest absolute Gasteiger partial charge is 0.423 e. The summed E-state index contributed by atoms with van der Waals surface area (Å²) in [4.78, 5) is 0. The van der Waals surface area contributed by atoms with Gasteiger partial charge in [0.15, 0.2) is 6.20 Å². The molecule has 4 nitrogen and oxygen atoms in total. The molecule has 4 heteroatoms. The number of hydrogen-bond acceptors (Lipinski definition) is 3. The summed E-state index contributed by atoms with van der Waals surface area (Å²) < 4.78 is 11.2. The zero-order chi connectivity index (χ0) is 8.55. The van der Waals surface area contributed by atoms with Crippen LogP contribution in [0.3, 0.4) is 0 Å². The van der Waals surface area contributed by atoms with Gasteiger partial charge in [-0.05, 0) is 13.0 Å². The second kappa shape index (κ2) is 2.55. The zero-order valence-electron chi connectivity index (χ0n) is 6.69. The van der Waals surface area contributed by atoms with Crippen LogP contribution in [-0.4, -0.2) is 12.7 Å². The lowest BCUT2D eigenvalue weighted by molar-refractivity contribution is -0.614. The maximum absolute atomic E-state index is 11.1. The quantitative estimate of drug-likeness (QED) is 0.417. The van der Waals surface area contributed by atoms with Gasteiger partial charge < -0.3 is 14.7 Å². The molecule has 1 unspecified atom stereocenters. The molecular formula is C8H9NO3. The van der Waals surface area contributed by atoms with Crippen molar-refractivity contribution in [3.8, 4) is 11.6 Å². The minimum absolute atomic E-state index is 0.0138. The molecule has 0 aliphatic carbocycles. The minimum Gasteiger partial charge on any atom is -0.616 e. The SMILES string of the molecule is CC1COc2c(ccc[n+]2[O-])O1. The Morgan fingerprint density at radius 1 is 1.67 bits per heavy atom. The van der Waals surface area contributed by atoms with Crippen molar-refractivity contribution in [3.05, 3.63) is 23.5 Å². The lowest BCUT2D eigenvalue weighted by atomic mass is 10.3. The van der Waals surface area contributed by atoms with Gasteiger partial charge in [-0.1, -0.05) is 0 Å². The van der Waals surface area contributed by atoms with Gasteiger partial charge in [0, 0.05) is 6.07 Å². The molecule has 0 spiro atoms. The van der Waals surface area contributed by atoms with Crippen LogP contribution in [0.25, 0.3) is 0 Å². The van der Waals surface area contributed by atoms with Gasteiger partial charge in [0.05, 0.1) is 0 Å². The van der Waals surface area contributed by atoms with Gasteiger partial charge in [0.25, 0.3) is 0 Å². The Hall–Kier alpha value is -1.45. The van der Waals surface area contributed by atoms with Crippen molar-refractivity contribution in [2.24, 2.45) is 0 Å². The van der Waals surface area contributed by atoms with Gasteiger partial charge in [0.2, 0.25) is 5.75 Å². The normalized spacial score (nSPS) is 20.6.